The van der Waals surface area contributed by atoms with Crippen LogP contribution in [0.3, 0.4) is 0 Å². The predicted octanol–water partition coefficient (Wildman–Crippen LogP) is -0.541. The fraction of sp³-hybridized carbons (Fsp3) is 0.842. The minimum Gasteiger partial charge on any atom is -0.394 e. The summed E-state index contributed by atoms with van der Waals surface area (Å²) >= 11 is 0. The maximum atomic E-state index is 11.2. The lowest BCUT2D eigenvalue weighted by Crippen LogP contribution is -2.41. The Bertz CT molecular complexity index is 510. The second-order valence-corrected chi connectivity index (χ2v) is 8.18. The van der Waals surface area contributed by atoms with E-state index in [9.17, 15) is 20.1 Å². The van der Waals surface area contributed by atoms with Crippen molar-refractivity contribution in [2.75, 3.05) is 19.8 Å². The molecule has 0 unspecified atom stereocenters. The second-order valence-electron chi connectivity index (χ2n) is 8.18. The van der Waals surface area contributed by atoms with Gasteiger partial charge in [0.25, 0.3) is 0 Å². The van der Waals surface area contributed by atoms with Gasteiger partial charge < -0.3 is 40.0 Å². The van der Waals surface area contributed by atoms with Crippen LogP contribution in [0.5, 0.6) is 0 Å². The number of rotatable bonds is 12. The number of hydrogen-bond donors (Lipinski definition) is 5. The molecule has 5 N–H and O–H groups in total. The molecule has 0 radical (unpaired) electrons. The van der Waals surface area contributed by atoms with Crippen LogP contribution in [-0.4, -0.2) is 88.0 Å². The molecule has 0 saturated carbocycles. The Labute approximate surface area is 166 Å². The van der Waals surface area contributed by atoms with Crippen LogP contribution >= 0.6 is 0 Å². The Morgan fingerprint density at radius 3 is 2.43 bits per heavy atom. The molecule has 0 aromatic rings. The standard InChI is InChI=1S/C19H35NO8/c1-6-13(23)20-9-7-18(2,3)26-10-8-19(4,5)28-17-15(25)14(24)16(27-17)12(22)11-21/h6,12,14-17,21-22,24-25H,1,7-11H2,2-5H3,(H,20,23)/t12-,14-,15+,16-,17-/m1/s1. The largest absolute Gasteiger partial charge is 0.394 e. The van der Waals surface area contributed by atoms with E-state index in [2.05, 4.69) is 11.9 Å². The van der Waals surface area contributed by atoms with Gasteiger partial charge in [-0.05, 0) is 46.6 Å². The highest BCUT2D eigenvalue weighted by Gasteiger charge is 2.48. The first-order valence-electron chi connectivity index (χ1n) is 9.45. The summed E-state index contributed by atoms with van der Waals surface area (Å²) in [6.45, 7) is 11.1. The fourth-order valence-electron chi connectivity index (χ4n) is 2.77. The van der Waals surface area contributed by atoms with E-state index in [4.69, 9.17) is 19.3 Å². The zero-order valence-corrected chi connectivity index (χ0v) is 17.1. The van der Waals surface area contributed by atoms with E-state index in [-0.39, 0.29) is 5.91 Å². The lowest BCUT2D eigenvalue weighted by molar-refractivity contribution is -0.230. The number of ether oxygens (including phenoxy) is 3. The molecule has 5 atom stereocenters. The zero-order chi connectivity index (χ0) is 21.5. The van der Waals surface area contributed by atoms with Crippen LogP contribution in [0.15, 0.2) is 12.7 Å². The molecule has 1 rings (SSSR count). The molecule has 1 amide bonds. The summed E-state index contributed by atoms with van der Waals surface area (Å²) in [6, 6.07) is 0. The van der Waals surface area contributed by atoms with Gasteiger partial charge in [-0.15, -0.1) is 0 Å². The van der Waals surface area contributed by atoms with Crippen molar-refractivity contribution in [2.45, 2.75) is 82.4 Å². The number of aliphatic hydroxyl groups excluding tert-OH is 4. The van der Waals surface area contributed by atoms with Gasteiger partial charge in [0.05, 0.1) is 24.4 Å². The highest BCUT2D eigenvalue weighted by molar-refractivity contribution is 5.86. The Hall–Kier alpha value is -1.07. The third kappa shape index (κ3) is 7.75. The van der Waals surface area contributed by atoms with Crippen LogP contribution in [0.25, 0.3) is 0 Å². The second kappa shape index (κ2) is 10.6. The first-order valence-corrected chi connectivity index (χ1v) is 9.45. The molecule has 1 heterocycles. The van der Waals surface area contributed by atoms with E-state index in [0.717, 1.165) is 0 Å². The summed E-state index contributed by atoms with van der Waals surface area (Å²) in [5.74, 6) is -0.229. The lowest BCUT2D eigenvalue weighted by Gasteiger charge is -2.32. The number of nitrogens with one attached hydrogen (secondary N) is 1. The Balaban J connectivity index is 2.45. The lowest BCUT2D eigenvalue weighted by atomic mass is 10.0. The van der Waals surface area contributed by atoms with Crippen molar-refractivity contribution in [3.63, 3.8) is 0 Å². The highest BCUT2D eigenvalue weighted by Crippen LogP contribution is 2.29. The molecule has 0 aromatic heterocycles. The summed E-state index contributed by atoms with van der Waals surface area (Å²) < 4.78 is 17.0. The maximum Gasteiger partial charge on any atom is 0.243 e. The van der Waals surface area contributed by atoms with Gasteiger partial charge in [-0.25, -0.2) is 0 Å². The van der Waals surface area contributed by atoms with Crippen molar-refractivity contribution in [1.82, 2.24) is 5.32 Å². The average Bonchev–Trinajstić information content (AvgIpc) is 2.88. The summed E-state index contributed by atoms with van der Waals surface area (Å²) in [5, 5.41) is 41.4. The number of aliphatic hydroxyl groups is 4. The molecule has 9 heteroatoms. The first-order chi connectivity index (χ1) is 12.9. The molecule has 0 bridgehead atoms. The molecule has 1 aliphatic rings. The minimum absolute atomic E-state index is 0.229. The number of amides is 1. The molecule has 164 valence electrons. The fourth-order valence-corrected chi connectivity index (χ4v) is 2.77. The van der Waals surface area contributed by atoms with E-state index in [1.165, 1.54) is 6.08 Å². The molecule has 1 saturated heterocycles. The Morgan fingerprint density at radius 2 is 1.86 bits per heavy atom. The van der Waals surface area contributed by atoms with Gasteiger partial charge in [0.1, 0.15) is 24.4 Å². The van der Waals surface area contributed by atoms with Crippen molar-refractivity contribution in [2.24, 2.45) is 0 Å². The highest BCUT2D eigenvalue weighted by atomic mass is 16.7. The van der Waals surface area contributed by atoms with Crippen molar-refractivity contribution in [3.05, 3.63) is 12.7 Å². The van der Waals surface area contributed by atoms with Crippen LogP contribution in [0.2, 0.25) is 0 Å². The SMILES string of the molecule is C=CC(=O)NCCC(C)(C)OCCC(C)(C)O[C@H]1O[C@H]([C@H](O)CO)[C@H](O)[C@@H]1O. The van der Waals surface area contributed by atoms with Crippen LogP contribution in [-0.2, 0) is 19.0 Å². The van der Waals surface area contributed by atoms with Crippen molar-refractivity contribution in [3.8, 4) is 0 Å². The van der Waals surface area contributed by atoms with Crippen LogP contribution < -0.4 is 5.32 Å². The predicted molar refractivity (Wildman–Crippen MR) is 101 cm³/mol. The first kappa shape index (κ1) is 25.0. The third-order valence-corrected chi connectivity index (χ3v) is 4.67. The summed E-state index contributed by atoms with van der Waals surface area (Å²) in [6.07, 6.45) is -3.95. The van der Waals surface area contributed by atoms with E-state index < -0.39 is 48.5 Å². The molecule has 1 aliphatic heterocycles. The Kier molecular flexibility index (Phi) is 9.48. The molecular formula is C19H35NO8. The minimum atomic E-state index is -1.36. The monoisotopic (exact) mass is 405 g/mol. The molecule has 0 aliphatic carbocycles. The third-order valence-electron chi connectivity index (χ3n) is 4.67. The number of carbonyl (C=O) groups excluding carboxylic acids is 1. The molecular weight excluding hydrogens is 370 g/mol. The van der Waals surface area contributed by atoms with E-state index in [1.807, 2.05) is 13.8 Å². The van der Waals surface area contributed by atoms with Crippen molar-refractivity contribution < 1.29 is 39.4 Å². The topological polar surface area (TPSA) is 138 Å². The van der Waals surface area contributed by atoms with Gasteiger partial charge in [-0.3, -0.25) is 4.79 Å². The summed E-state index contributed by atoms with van der Waals surface area (Å²) in [7, 11) is 0. The van der Waals surface area contributed by atoms with Gasteiger partial charge in [-0.1, -0.05) is 6.58 Å². The quantitative estimate of drug-likeness (QED) is 0.273. The van der Waals surface area contributed by atoms with E-state index in [0.29, 0.717) is 26.0 Å². The average molecular weight is 405 g/mol. The number of carbonyl (C=O) groups is 1. The van der Waals surface area contributed by atoms with Gasteiger partial charge in [0, 0.05) is 6.54 Å². The zero-order valence-electron chi connectivity index (χ0n) is 17.1. The molecule has 9 nitrogen and oxygen atoms in total. The van der Waals surface area contributed by atoms with Gasteiger partial charge in [0.15, 0.2) is 6.29 Å². The molecule has 28 heavy (non-hydrogen) atoms. The summed E-state index contributed by atoms with van der Waals surface area (Å²) in [4.78, 5) is 11.2. The van der Waals surface area contributed by atoms with E-state index in [1.54, 1.807) is 13.8 Å². The van der Waals surface area contributed by atoms with Crippen LogP contribution in [0.4, 0.5) is 0 Å². The molecule has 1 fully saturated rings. The van der Waals surface area contributed by atoms with Gasteiger partial charge in [0.2, 0.25) is 5.91 Å². The maximum absolute atomic E-state index is 11.2. The molecule has 0 spiro atoms. The normalized spacial score (nSPS) is 26.9. The van der Waals surface area contributed by atoms with Crippen LogP contribution in [0, 0.1) is 0 Å². The Morgan fingerprint density at radius 1 is 1.21 bits per heavy atom. The van der Waals surface area contributed by atoms with Crippen molar-refractivity contribution in [1.29, 1.82) is 0 Å². The van der Waals surface area contributed by atoms with Crippen LogP contribution in [0.1, 0.15) is 40.5 Å². The smallest absolute Gasteiger partial charge is 0.243 e. The number of hydrogen-bond acceptors (Lipinski definition) is 8. The van der Waals surface area contributed by atoms with Gasteiger partial charge >= 0.3 is 0 Å². The molecule has 0 aromatic carbocycles. The summed E-state index contributed by atoms with van der Waals surface area (Å²) in [5.41, 5.74) is -1.20. The van der Waals surface area contributed by atoms with Gasteiger partial charge in [-0.2, -0.15) is 0 Å². The van der Waals surface area contributed by atoms with Crippen molar-refractivity contribution >= 4 is 5.91 Å². The van der Waals surface area contributed by atoms with E-state index >= 15 is 0 Å².